The molecular weight excluding hydrogens is 1230 g/mol. The van der Waals surface area contributed by atoms with E-state index in [1.165, 1.54) is 193 Å². The first kappa shape index (κ1) is 92.1. The molecule has 0 amide bonds. The van der Waals surface area contributed by atoms with E-state index in [0.29, 0.717) is 31.6 Å². The Morgan fingerprint density at radius 1 is 0.287 bits per heavy atom. The predicted octanol–water partition coefficient (Wildman–Crippen LogP) is 21.8. The topological polar surface area (TPSA) is 237 Å². The van der Waals surface area contributed by atoms with Crippen LogP contribution >= 0.6 is 15.6 Å². The van der Waals surface area contributed by atoms with Gasteiger partial charge < -0.3 is 33.8 Å². The number of unbranched alkanes of at least 4 members (excludes halogenated alkanes) is 41. The zero-order valence-corrected chi connectivity index (χ0v) is 63.2. The van der Waals surface area contributed by atoms with Gasteiger partial charge in [0.15, 0.2) is 12.2 Å². The summed E-state index contributed by atoms with van der Waals surface area (Å²) >= 11 is 0. The summed E-state index contributed by atoms with van der Waals surface area (Å²) in [6, 6.07) is 0. The van der Waals surface area contributed by atoms with Crippen molar-refractivity contribution in [1.82, 2.24) is 0 Å². The van der Waals surface area contributed by atoms with E-state index in [1.54, 1.807) is 0 Å². The molecule has 0 aromatic carbocycles. The van der Waals surface area contributed by atoms with Crippen molar-refractivity contribution in [1.29, 1.82) is 0 Å². The molecule has 3 N–H and O–H groups in total. The highest BCUT2D eigenvalue weighted by molar-refractivity contribution is 7.47. The lowest BCUT2D eigenvalue weighted by Gasteiger charge is -2.21. The van der Waals surface area contributed by atoms with Crippen LogP contribution in [0.5, 0.6) is 0 Å². The van der Waals surface area contributed by atoms with Crippen LogP contribution in [0.25, 0.3) is 0 Å². The summed E-state index contributed by atoms with van der Waals surface area (Å²) in [6.07, 6.45) is 51.7. The number of carbonyl (C=O) groups is 4. The SMILES string of the molecule is CCCCCCCCCCCC(=O)OC[C@H](COP(=O)(O)OC[C@H](O)COP(=O)(O)OC[C@@H](COC(=O)CCCCCCCCCCCCCCC(C)C)OC(=O)CCCCCCCCCCCCCCCCCCCCC(C)C)OC(=O)CCCCCCCCC(C)C. The maximum atomic E-state index is 13.1. The van der Waals surface area contributed by atoms with Gasteiger partial charge in [-0.2, -0.15) is 0 Å². The number of phosphoric acid groups is 2. The second kappa shape index (κ2) is 65.7. The molecule has 17 nitrogen and oxygen atoms in total. The quantitative estimate of drug-likeness (QED) is 0.0222. The smallest absolute Gasteiger partial charge is 0.462 e. The number of rotatable bonds is 73. The Kier molecular flexibility index (Phi) is 64.3. The largest absolute Gasteiger partial charge is 0.472 e. The second-order valence-corrected chi connectivity index (χ2v) is 31.4. The number of esters is 4. The Morgan fingerprint density at radius 2 is 0.489 bits per heavy atom. The molecule has 0 rings (SSSR count). The van der Waals surface area contributed by atoms with Crippen LogP contribution in [0.15, 0.2) is 0 Å². The van der Waals surface area contributed by atoms with Gasteiger partial charge in [0.2, 0.25) is 0 Å². The second-order valence-electron chi connectivity index (χ2n) is 28.5. The van der Waals surface area contributed by atoms with Crippen LogP contribution in [0.2, 0.25) is 0 Å². The van der Waals surface area contributed by atoms with Crippen molar-refractivity contribution in [3.8, 4) is 0 Å². The van der Waals surface area contributed by atoms with Gasteiger partial charge in [-0.3, -0.25) is 37.3 Å². The minimum Gasteiger partial charge on any atom is -0.462 e. The molecule has 0 radical (unpaired) electrons. The van der Waals surface area contributed by atoms with Crippen LogP contribution in [-0.2, 0) is 65.4 Å². The van der Waals surface area contributed by atoms with E-state index in [0.717, 1.165) is 102 Å². The molecule has 0 heterocycles. The standard InChI is InChI=1S/C75H146O17P2/c1-8-9-10-11-12-27-34-42-49-56-72(77)85-63-71(92-75(80)59-52-45-38-37-41-48-55-68(6)7)65-90-94(83,84)88-61-69(76)60-87-93(81,82)89-64-70(62-86-73(78)57-50-43-35-30-25-22-21-24-29-33-40-47-54-67(4)5)91-74(79)58-51-44-36-31-26-20-18-16-14-13-15-17-19-23-28-32-39-46-53-66(2)3/h66-71,76H,8-65H2,1-7H3,(H,81,82)(H,83,84)/t69-,70-,71-/m1/s1. The van der Waals surface area contributed by atoms with E-state index >= 15 is 0 Å². The molecule has 0 saturated carbocycles. The van der Waals surface area contributed by atoms with Crippen LogP contribution in [0.4, 0.5) is 0 Å². The van der Waals surface area contributed by atoms with Crippen LogP contribution < -0.4 is 0 Å². The predicted molar refractivity (Wildman–Crippen MR) is 381 cm³/mol. The number of hydrogen-bond acceptors (Lipinski definition) is 15. The lowest BCUT2D eigenvalue weighted by molar-refractivity contribution is -0.161. The number of aliphatic hydroxyl groups excluding tert-OH is 1. The van der Waals surface area contributed by atoms with Crippen molar-refractivity contribution >= 4 is 39.5 Å². The Morgan fingerprint density at radius 3 is 0.723 bits per heavy atom. The molecule has 0 aliphatic heterocycles. The fourth-order valence-electron chi connectivity index (χ4n) is 11.4. The zero-order chi connectivity index (χ0) is 69.4. The summed E-state index contributed by atoms with van der Waals surface area (Å²) in [7, 11) is -9.90. The Hall–Kier alpha value is -1.94. The molecule has 94 heavy (non-hydrogen) atoms. The van der Waals surface area contributed by atoms with Crippen molar-refractivity contribution in [2.45, 2.75) is 401 Å². The third-order valence-corrected chi connectivity index (χ3v) is 19.3. The Labute approximate surface area is 575 Å². The third-order valence-electron chi connectivity index (χ3n) is 17.4. The van der Waals surface area contributed by atoms with E-state index < -0.39 is 97.5 Å². The molecule has 0 aliphatic carbocycles. The molecule has 2 unspecified atom stereocenters. The normalized spacial score (nSPS) is 14.1. The number of aliphatic hydroxyl groups is 1. The fraction of sp³-hybridized carbons (Fsp3) is 0.947. The molecule has 0 aromatic heterocycles. The first-order chi connectivity index (χ1) is 45.2. The Bertz CT molecular complexity index is 1840. The first-order valence-corrected chi connectivity index (χ1v) is 41.8. The number of ether oxygens (including phenoxy) is 4. The van der Waals surface area contributed by atoms with E-state index in [4.69, 9.17) is 37.0 Å². The van der Waals surface area contributed by atoms with Gasteiger partial charge in [-0.1, -0.05) is 331 Å². The molecule has 0 aliphatic rings. The molecule has 19 heteroatoms. The molecule has 0 fully saturated rings. The van der Waals surface area contributed by atoms with Crippen molar-refractivity contribution in [2.24, 2.45) is 17.8 Å². The molecule has 0 spiro atoms. The van der Waals surface area contributed by atoms with Gasteiger partial charge >= 0.3 is 39.5 Å². The molecule has 558 valence electrons. The van der Waals surface area contributed by atoms with Crippen LogP contribution in [0.3, 0.4) is 0 Å². The third kappa shape index (κ3) is 68.6. The van der Waals surface area contributed by atoms with Crippen molar-refractivity contribution in [3.63, 3.8) is 0 Å². The highest BCUT2D eigenvalue weighted by atomic mass is 31.2. The lowest BCUT2D eigenvalue weighted by atomic mass is 10.0. The van der Waals surface area contributed by atoms with Crippen LogP contribution in [0, 0.1) is 17.8 Å². The van der Waals surface area contributed by atoms with Gasteiger partial charge in [0.1, 0.15) is 19.3 Å². The maximum Gasteiger partial charge on any atom is 0.472 e. The molecule has 0 aromatic rings. The average Bonchev–Trinajstić information content (AvgIpc) is 1.49. The summed E-state index contributed by atoms with van der Waals surface area (Å²) in [6.45, 7) is 11.8. The van der Waals surface area contributed by atoms with E-state index in [2.05, 4.69) is 48.5 Å². The number of hydrogen-bond donors (Lipinski definition) is 3. The zero-order valence-electron chi connectivity index (χ0n) is 61.4. The van der Waals surface area contributed by atoms with E-state index in [1.807, 2.05) is 0 Å². The maximum absolute atomic E-state index is 13.1. The average molecular weight is 1380 g/mol. The first-order valence-electron chi connectivity index (χ1n) is 38.8. The van der Waals surface area contributed by atoms with Gasteiger partial charge in [-0.15, -0.1) is 0 Å². The molecule has 0 bridgehead atoms. The minimum atomic E-state index is -4.96. The van der Waals surface area contributed by atoms with Crippen molar-refractivity contribution in [3.05, 3.63) is 0 Å². The van der Waals surface area contributed by atoms with Crippen LogP contribution in [0.1, 0.15) is 382 Å². The molecule has 0 saturated heterocycles. The summed E-state index contributed by atoms with van der Waals surface area (Å²) in [5.41, 5.74) is 0. The van der Waals surface area contributed by atoms with Gasteiger partial charge in [-0.25, -0.2) is 9.13 Å². The van der Waals surface area contributed by atoms with Gasteiger partial charge in [0.05, 0.1) is 26.4 Å². The summed E-state index contributed by atoms with van der Waals surface area (Å²) in [5.74, 6) is 0.146. The van der Waals surface area contributed by atoms with E-state index in [9.17, 15) is 43.2 Å². The van der Waals surface area contributed by atoms with E-state index in [-0.39, 0.29) is 25.7 Å². The lowest BCUT2D eigenvalue weighted by Crippen LogP contribution is -2.30. The van der Waals surface area contributed by atoms with Crippen LogP contribution in [-0.4, -0.2) is 96.7 Å². The van der Waals surface area contributed by atoms with Gasteiger partial charge in [0, 0.05) is 25.7 Å². The highest BCUT2D eigenvalue weighted by Crippen LogP contribution is 2.45. The van der Waals surface area contributed by atoms with Gasteiger partial charge in [-0.05, 0) is 43.4 Å². The summed E-state index contributed by atoms with van der Waals surface area (Å²) < 4.78 is 68.4. The van der Waals surface area contributed by atoms with Gasteiger partial charge in [0.25, 0.3) is 0 Å². The van der Waals surface area contributed by atoms with Crippen molar-refractivity contribution < 1.29 is 80.2 Å². The number of phosphoric ester groups is 2. The van der Waals surface area contributed by atoms with Crippen molar-refractivity contribution in [2.75, 3.05) is 39.6 Å². The number of carbonyl (C=O) groups excluding carboxylic acids is 4. The summed E-state index contributed by atoms with van der Waals surface area (Å²) in [4.78, 5) is 72.6. The molecule has 5 atom stereocenters. The summed E-state index contributed by atoms with van der Waals surface area (Å²) in [5, 5.41) is 10.6. The molecular formula is C75H146O17P2. The minimum absolute atomic E-state index is 0.102. The Balaban J connectivity index is 5.17. The monoisotopic (exact) mass is 1380 g/mol. The fourth-order valence-corrected chi connectivity index (χ4v) is 13.0. The highest BCUT2D eigenvalue weighted by Gasteiger charge is 2.30.